The third-order valence-corrected chi connectivity index (χ3v) is 2.76. The summed E-state index contributed by atoms with van der Waals surface area (Å²) in [5.74, 6) is 0. The summed E-state index contributed by atoms with van der Waals surface area (Å²) in [6, 6.07) is 0. The van der Waals surface area contributed by atoms with Crippen molar-refractivity contribution >= 4 is 11.6 Å². The van der Waals surface area contributed by atoms with Crippen molar-refractivity contribution in [3.05, 3.63) is 22.9 Å². The molecule has 1 aliphatic rings. The van der Waals surface area contributed by atoms with Gasteiger partial charge in [0, 0.05) is 30.9 Å². The van der Waals surface area contributed by atoms with Crippen molar-refractivity contribution in [1.82, 2.24) is 9.80 Å². The molecule has 0 amide bonds. The molecule has 0 bridgehead atoms. The second-order valence-corrected chi connectivity index (χ2v) is 4.48. The quantitative estimate of drug-likeness (QED) is 0.709. The van der Waals surface area contributed by atoms with Gasteiger partial charge in [-0.05, 0) is 39.1 Å². The number of nitrogens with zero attached hydrogens (tertiary/aromatic N) is 2. The Bertz CT molecular complexity index is 244. The highest BCUT2D eigenvalue weighted by atomic mass is 35.5. The zero-order chi connectivity index (χ0) is 10.6. The molecule has 0 saturated heterocycles. The third kappa shape index (κ3) is 3.72. The van der Waals surface area contributed by atoms with E-state index in [1.807, 2.05) is 6.08 Å². The van der Waals surface area contributed by atoms with Gasteiger partial charge in [0.25, 0.3) is 0 Å². The molecule has 0 unspecified atom stereocenters. The lowest BCUT2D eigenvalue weighted by atomic mass is 10.1. The topological polar surface area (TPSA) is 6.48 Å². The van der Waals surface area contributed by atoms with Gasteiger partial charge in [-0.2, -0.15) is 0 Å². The summed E-state index contributed by atoms with van der Waals surface area (Å²) in [6.07, 6.45) is 6.19. The first-order valence-electron chi connectivity index (χ1n) is 5.00. The number of allylic oxidation sites excluding steroid dienone is 4. The molecule has 80 valence electrons. The summed E-state index contributed by atoms with van der Waals surface area (Å²) in [5, 5.41) is 0.967. The Morgan fingerprint density at radius 3 is 2.36 bits per heavy atom. The third-order valence-electron chi connectivity index (χ3n) is 2.45. The van der Waals surface area contributed by atoms with Gasteiger partial charge in [0.05, 0.1) is 0 Å². The van der Waals surface area contributed by atoms with Gasteiger partial charge in [-0.15, -0.1) is 0 Å². The van der Waals surface area contributed by atoms with Gasteiger partial charge in [-0.3, -0.25) is 0 Å². The van der Waals surface area contributed by atoms with Crippen LogP contribution in [0.1, 0.15) is 12.8 Å². The summed E-state index contributed by atoms with van der Waals surface area (Å²) < 4.78 is 0. The minimum atomic E-state index is 0.967. The van der Waals surface area contributed by atoms with Crippen LogP contribution in [0, 0.1) is 0 Å². The predicted molar refractivity (Wildman–Crippen MR) is 62.4 cm³/mol. The van der Waals surface area contributed by atoms with Crippen molar-refractivity contribution < 1.29 is 0 Å². The molecule has 0 radical (unpaired) electrons. The van der Waals surface area contributed by atoms with E-state index in [1.54, 1.807) is 0 Å². The molecule has 0 aromatic carbocycles. The van der Waals surface area contributed by atoms with Gasteiger partial charge in [0.2, 0.25) is 0 Å². The summed E-state index contributed by atoms with van der Waals surface area (Å²) in [4.78, 5) is 4.50. The Morgan fingerprint density at radius 2 is 1.86 bits per heavy atom. The minimum Gasteiger partial charge on any atom is -0.377 e. The molecule has 2 nitrogen and oxygen atoms in total. The number of hydrogen-bond acceptors (Lipinski definition) is 2. The van der Waals surface area contributed by atoms with Crippen LogP contribution in [-0.2, 0) is 0 Å². The van der Waals surface area contributed by atoms with Crippen LogP contribution >= 0.6 is 11.6 Å². The highest BCUT2D eigenvalue weighted by Crippen LogP contribution is 2.22. The molecule has 1 aliphatic carbocycles. The van der Waals surface area contributed by atoms with Crippen LogP contribution in [0.2, 0.25) is 0 Å². The molecular formula is C11H19ClN2. The number of likely N-dealkylation sites (N-methyl/N-ethyl adjacent to an activating group) is 2. The van der Waals surface area contributed by atoms with Crippen molar-refractivity contribution in [2.45, 2.75) is 12.8 Å². The first-order valence-corrected chi connectivity index (χ1v) is 5.38. The first-order chi connectivity index (χ1) is 6.59. The lowest BCUT2D eigenvalue weighted by Crippen LogP contribution is -2.28. The van der Waals surface area contributed by atoms with Crippen LogP contribution in [-0.4, -0.2) is 44.0 Å². The van der Waals surface area contributed by atoms with E-state index in [2.05, 4.69) is 37.0 Å². The number of halogens is 1. The Labute approximate surface area is 91.8 Å². The van der Waals surface area contributed by atoms with Crippen molar-refractivity contribution in [2.75, 3.05) is 34.2 Å². The first kappa shape index (κ1) is 11.6. The monoisotopic (exact) mass is 214 g/mol. The van der Waals surface area contributed by atoms with Crippen molar-refractivity contribution in [1.29, 1.82) is 0 Å². The largest absolute Gasteiger partial charge is 0.377 e. The van der Waals surface area contributed by atoms with Crippen LogP contribution in [0.15, 0.2) is 22.9 Å². The summed E-state index contributed by atoms with van der Waals surface area (Å²) in [6.45, 7) is 2.16. The molecule has 0 saturated carbocycles. The van der Waals surface area contributed by atoms with E-state index in [-0.39, 0.29) is 0 Å². The molecular weight excluding hydrogens is 196 g/mol. The van der Waals surface area contributed by atoms with Crippen LogP contribution in [0.5, 0.6) is 0 Å². The van der Waals surface area contributed by atoms with Gasteiger partial charge < -0.3 is 9.80 Å². The molecule has 0 aliphatic heterocycles. The normalized spacial score (nSPS) is 16.6. The average Bonchev–Trinajstić information content (AvgIpc) is 2.15. The maximum Gasteiger partial charge on any atom is 0.0299 e. The van der Waals surface area contributed by atoms with Gasteiger partial charge in [-0.25, -0.2) is 0 Å². The Morgan fingerprint density at radius 1 is 1.14 bits per heavy atom. The SMILES string of the molecule is CN(C)CCN(C)C1=CC=C(Cl)CC1. The maximum atomic E-state index is 5.90. The van der Waals surface area contributed by atoms with Crippen LogP contribution in [0.3, 0.4) is 0 Å². The zero-order valence-electron chi connectivity index (χ0n) is 9.26. The van der Waals surface area contributed by atoms with E-state index in [0.717, 1.165) is 31.0 Å². The molecule has 3 heteroatoms. The van der Waals surface area contributed by atoms with Crippen molar-refractivity contribution in [3.63, 3.8) is 0 Å². The molecule has 0 N–H and O–H groups in total. The Hall–Kier alpha value is -0.470. The standard InChI is InChI=1S/C11H19ClN2/c1-13(2)8-9-14(3)11-6-4-10(12)5-7-11/h4,6H,5,7-9H2,1-3H3. The number of hydrogen-bond donors (Lipinski definition) is 0. The number of rotatable bonds is 4. The van der Waals surface area contributed by atoms with Gasteiger partial charge in [-0.1, -0.05) is 11.6 Å². The average molecular weight is 215 g/mol. The molecule has 0 fully saturated rings. The Balaban J connectivity index is 2.41. The van der Waals surface area contributed by atoms with Crippen molar-refractivity contribution in [3.8, 4) is 0 Å². The molecule has 0 aromatic heterocycles. The fourth-order valence-electron chi connectivity index (χ4n) is 1.41. The summed E-state index contributed by atoms with van der Waals surface area (Å²) >= 11 is 5.90. The Kier molecular flexibility index (Phi) is 4.49. The summed E-state index contributed by atoms with van der Waals surface area (Å²) in [5.41, 5.74) is 1.39. The lowest BCUT2D eigenvalue weighted by Gasteiger charge is -2.25. The maximum absolute atomic E-state index is 5.90. The van der Waals surface area contributed by atoms with Crippen LogP contribution in [0.4, 0.5) is 0 Å². The van der Waals surface area contributed by atoms with Gasteiger partial charge in [0.15, 0.2) is 0 Å². The fraction of sp³-hybridized carbons (Fsp3) is 0.636. The zero-order valence-corrected chi connectivity index (χ0v) is 10.0. The van der Waals surface area contributed by atoms with Gasteiger partial charge >= 0.3 is 0 Å². The van der Waals surface area contributed by atoms with Crippen LogP contribution < -0.4 is 0 Å². The summed E-state index contributed by atoms with van der Waals surface area (Å²) in [7, 11) is 6.34. The highest BCUT2D eigenvalue weighted by Gasteiger charge is 2.08. The molecule has 14 heavy (non-hydrogen) atoms. The lowest BCUT2D eigenvalue weighted by molar-refractivity contribution is 0.319. The van der Waals surface area contributed by atoms with Crippen LogP contribution in [0.25, 0.3) is 0 Å². The molecule has 1 rings (SSSR count). The molecule has 0 spiro atoms. The molecule has 0 aromatic rings. The van der Waals surface area contributed by atoms with E-state index >= 15 is 0 Å². The minimum absolute atomic E-state index is 0.967. The van der Waals surface area contributed by atoms with Gasteiger partial charge in [0.1, 0.15) is 0 Å². The second-order valence-electron chi connectivity index (χ2n) is 4.00. The van der Waals surface area contributed by atoms with E-state index < -0.39 is 0 Å². The molecule has 0 atom stereocenters. The second kappa shape index (κ2) is 5.42. The smallest absolute Gasteiger partial charge is 0.0299 e. The van der Waals surface area contributed by atoms with E-state index in [4.69, 9.17) is 11.6 Å². The van der Waals surface area contributed by atoms with E-state index in [1.165, 1.54) is 5.70 Å². The molecule has 0 heterocycles. The van der Waals surface area contributed by atoms with Crippen molar-refractivity contribution in [2.24, 2.45) is 0 Å². The van der Waals surface area contributed by atoms with E-state index in [0.29, 0.717) is 0 Å². The predicted octanol–water partition coefficient (Wildman–Crippen LogP) is 2.28. The fourth-order valence-corrected chi connectivity index (χ4v) is 1.57. The highest BCUT2D eigenvalue weighted by molar-refractivity contribution is 6.29. The van der Waals surface area contributed by atoms with E-state index in [9.17, 15) is 0 Å².